The molecule has 0 unspecified atom stereocenters. The monoisotopic (exact) mass is 337 g/mol. The van der Waals surface area contributed by atoms with Crippen LogP contribution in [-0.4, -0.2) is 23.0 Å². The standard InChI is InChI=1S/C19H19N3O3/c20-17(24)15-10-12(9-11-5-7-13(23)8-6-11)22-19(15)14-3-1-2-4-16(14)21-18(19)25/h1-8,12,15,22-23H,9-10H2,(H2,20,24)(H,21,25)/t12-,15-,19+/m0/s1. The van der Waals surface area contributed by atoms with E-state index >= 15 is 0 Å². The lowest BCUT2D eigenvalue weighted by Gasteiger charge is -2.28. The van der Waals surface area contributed by atoms with E-state index in [1.54, 1.807) is 12.1 Å². The van der Waals surface area contributed by atoms with E-state index in [0.29, 0.717) is 12.8 Å². The number of primary amides is 1. The third-order valence-corrected chi connectivity index (χ3v) is 5.19. The molecule has 2 aliphatic rings. The highest BCUT2D eigenvalue weighted by molar-refractivity contribution is 6.09. The molecule has 2 heterocycles. The van der Waals surface area contributed by atoms with Gasteiger partial charge in [-0.05, 0) is 36.6 Å². The van der Waals surface area contributed by atoms with Gasteiger partial charge in [0.1, 0.15) is 11.3 Å². The van der Waals surface area contributed by atoms with Crippen molar-refractivity contribution in [2.75, 3.05) is 5.32 Å². The third-order valence-electron chi connectivity index (χ3n) is 5.19. The lowest BCUT2D eigenvalue weighted by atomic mass is 9.79. The summed E-state index contributed by atoms with van der Waals surface area (Å²) in [4.78, 5) is 24.9. The predicted molar refractivity (Wildman–Crippen MR) is 92.8 cm³/mol. The van der Waals surface area contributed by atoms with E-state index in [4.69, 9.17) is 5.73 Å². The molecule has 6 nitrogen and oxygen atoms in total. The van der Waals surface area contributed by atoms with E-state index in [1.165, 1.54) is 0 Å². The number of nitrogens with two attached hydrogens (primary N) is 1. The molecule has 0 radical (unpaired) electrons. The molecule has 0 aliphatic carbocycles. The summed E-state index contributed by atoms with van der Waals surface area (Å²) in [5.41, 5.74) is 7.06. The molecular formula is C19H19N3O3. The van der Waals surface area contributed by atoms with Crippen molar-refractivity contribution in [1.29, 1.82) is 0 Å². The molecule has 128 valence electrons. The fourth-order valence-electron chi connectivity index (χ4n) is 4.09. The van der Waals surface area contributed by atoms with Crippen molar-refractivity contribution < 1.29 is 14.7 Å². The van der Waals surface area contributed by atoms with Gasteiger partial charge in [-0.3, -0.25) is 14.9 Å². The zero-order valence-electron chi connectivity index (χ0n) is 13.5. The van der Waals surface area contributed by atoms with Crippen molar-refractivity contribution in [3.8, 4) is 5.75 Å². The number of hydrogen-bond acceptors (Lipinski definition) is 4. The number of nitrogens with one attached hydrogen (secondary N) is 2. The van der Waals surface area contributed by atoms with Crippen LogP contribution in [-0.2, 0) is 21.5 Å². The molecule has 25 heavy (non-hydrogen) atoms. The predicted octanol–water partition coefficient (Wildman–Crippen LogP) is 1.25. The van der Waals surface area contributed by atoms with Crippen molar-refractivity contribution in [1.82, 2.24) is 5.32 Å². The number of phenolic OH excluding ortho intramolecular Hbond substituents is 1. The molecular weight excluding hydrogens is 318 g/mol. The molecule has 5 N–H and O–H groups in total. The van der Waals surface area contributed by atoms with Gasteiger partial charge in [-0.1, -0.05) is 30.3 Å². The number of benzene rings is 2. The van der Waals surface area contributed by atoms with Crippen LogP contribution >= 0.6 is 0 Å². The largest absolute Gasteiger partial charge is 0.508 e. The molecule has 2 aromatic rings. The van der Waals surface area contributed by atoms with Gasteiger partial charge in [0, 0.05) is 17.3 Å². The Bertz CT molecular complexity index is 849. The average Bonchev–Trinajstić information content (AvgIpc) is 3.10. The normalized spacial score (nSPS) is 27.3. The first kappa shape index (κ1) is 15.7. The van der Waals surface area contributed by atoms with Gasteiger partial charge >= 0.3 is 0 Å². The molecule has 6 heteroatoms. The second-order valence-corrected chi connectivity index (χ2v) is 6.71. The average molecular weight is 337 g/mol. The first-order chi connectivity index (χ1) is 12.0. The quantitative estimate of drug-likeness (QED) is 0.676. The van der Waals surface area contributed by atoms with Crippen LogP contribution in [0.2, 0.25) is 0 Å². The van der Waals surface area contributed by atoms with Gasteiger partial charge in [0.05, 0.1) is 5.92 Å². The lowest BCUT2D eigenvalue weighted by molar-refractivity contribution is -0.131. The van der Waals surface area contributed by atoms with E-state index in [1.807, 2.05) is 36.4 Å². The molecule has 0 saturated carbocycles. The van der Waals surface area contributed by atoms with Gasteiger partial charge in [0.2, 0.25) is 11.8 Å². The topological polar surface area (TPSA) is 104 Å². The maximum atomic E-state index is 12.8. The minimum atomic E-state index is -1.11. The maximum absolute atomic E-state index is 12.8. The number of aromatic hydroxyl groups is 1. The minimum absolute atomic E-state index is 0.0704. The zero-order valence-corrected chi connectivity index (χ0v) is 13.5. The van der Waals surface area contributed by atoms with Crippen molar-refractivity contribution in [2.24, 2.45) is 11.7 Å². The Morgan fingerprint density at radius 2 is 1.92 bits per heavy atom. The number of para-hydroxylation sites is 1. The van der Waals surface area contributed by atoms with Gasteiger partial charge in [0.15, 0.2) is 0 Å². The van der Waals surface area contributed by atoms with Crippen LogP contribution < -0.4 is 16.4 Å². The third kappa shape index (κ3) is 2.37. The van der Waals surface area contributed by atoms with E-state index in [2.05, 4.69) is 10.6 Å². The Morgan fingerprint density at radius 3 is 2.64 bits per heavy atom. The van der Waals surface area contributed by atoms with Crippen LogP contribution in [0, 0.1) is 5.92 Å². The van der Waals surface area contributed by atoms with Gasteiger partial charge in [0.25, 0.3) is 0 Å². The number of hydrogen-bond donors (Lipinski definition) is 4. The molecule has 4 rings (SSSR count). The highest BCUT2D eigenvalue weighted by atomic mass is 16.3. The summed E-state index contributed by atoms with van der Waals surface area (Å²) in [6, 6.07) is 14.3. The van der Waals surface area contributed by atoms with Crippen LogP contribution in [0.3, 0.4) is 0 Å². The summed E-state index contributed by atoms with van der Waals surface area (Å²) in [6.45, 7) is 0. The fraction of sp³-hybridized carbons (Fsp3) is 0.263. The smallest absolute Gasteiger partial charge is 0.250 e. The molecule has 0 aromatic heterocycles. The van der Waals surface area contributed by atoms with Gasteiger partial charge in [-0.25, -0.2) is 0 Å². The molecule has 1 fully saturated rings. The molecule has 2 aromatic carbocycles. The first-order valence-corrected chi connectivity index (χ1v) is 8.26. The zero-order chi connectivity index (χ0) is 17.6. The summed E-state index contributed by atoms with van der Waals surface area (Å²) in [5, 5.41) is 15.7. The van der Waals surface area contributed by atoms with Crippen LogP contribution in [0.5, 0.6) is 5.75 Å². The van der Waals surface area contributed by atoms with Crippen molar-refractivity contribution in [3.63, 3.8) is 0 Å². The second kappa shape index (κ2) is 5.60. The summed E-state index contributed by atoms with van der Waals surface area (Å²) >= 11 is 0. The van der Waals surface area contributed by atoms with E-state index in [0.717, 1.165) is 16.8 Å². The summed E-state index contributed by atoms with van der Waals surface area (Å²) in [7, 11) is 0. The van der Waals surface area contributed by atoms with Crippen LogP contribution in [0.4, 0.5) is 5.69 Å². The van der Waals surface area contributed by atoms with Crippen molar-refractivity contribution >= 4 is 17.5 Å². The number of anilines is 1. The first-order valence-electron chi connectivity index (χ1n) is 8.26. The molecule has 3 atom stereocenters. The summed E-state index contributed by atoms with van der Waals surface area (Å²) < 4.78 is 0. The van der Waals surface area contributed by atoms with Crippen LogP contribution in [0.1, 0.15) is 17.5 Å². The van der Waals surface area contributed by atoms with E-state index in [9.17, 15) is 14.7 Å². The highest BCUT2D eigenvalue weighted by Gasteiger charge is 2.59. The Morgan fingerprint density at radius 1 is 1.20 bits per heavy atom. The van der Waals surface area contributed by atoms with E-state index in [-0.39, 0.29) is 17.7 Å². The van der Waals surface area contributed by atoms with E-state index < -0.39 is 17.4 Å². The number of phenols is 1. The molecule has 2 aliphatic heterocycles. The second-order valence-electron chi connectivity index (χ2n) is 6.71. The van der Waals surface area contributed by atoms with Gasteiger partial charge < -0.3 is 16.2 Å². The number of amides is 2. The number of fused-ring (bicyclic) bond motifs is 2. The Labute approximate surface area is 145 Å². The summed E-state index contributed by atoms with van der Waals surface area (Å²) in [6.07, 6.45) is 1.12. The van der Waals surface area contributed by atoms with Crippen molar-refractivity contribution in [2.45, 2.75) is 24.4 Å². The number of rotatable bonds is 3. The Kier molecular flexibility index (Phi) is 3.51. The number of carbonyl (C=O) groups excluding carboxylic acids is 2. The lowest BCUT2D eigenvalue weighted by Crippen LogP contribution is -2.52. The SMILES string of the molecule is NC(=O)[C@@H]1C[C@H](Cc2ccc(O)cc2)N[C@@]12C(=O)Nc1ccccc12. The van der Waals surface area contributed by atoms with Crippen molar-refractivity contribution in [3.05, 3.63) is 59.7 Å². The molecule has 2 amide bonds. The van der Waals surface area contributed by atoms with Crippen LogP contribution in [0.15, 0.2) is 48.5 Å². The van der Waals surface area contributed by atoms with Crippen LogP contribution in [0.25, 0.3) is 0 Å². The summed E-state index contributed by atoms with van der Waals surface area (Å²) in [5.74, 6) is -1.12. The molecule has 0 bridgehead atoms. The fourth-order valence-corrected chi connectivity index (χ4v) is 4.09. The molecule has 1 saturated heterocycles. The maximum Gasteiger partial charge on any atom is 0.250 e. The number of carbonyl (C=O) groups is 2. The van der Waals surface area contributed by atoms with Gasteiger partial charge in [-0.2, -0.15) is 0 Å². The minimum Gasteiger partial charge on any atom is -0.508 e. The van der Waals surface area contributed by atoms with Gasteiger partial charge in [-0.15, -0.1) is 0 Å². The Hall–Kier alpha value is -2.86. The Balaban J connectivity index is 1.69. The molecule has 1 spiro atoms. The highest BCUT2D eigenvalue weighted by Crippen LogP contribution is 2.47.